The third-order valence-electron chi connectivity index (χ3n) is 3.25. The van der Waals surface area contributed by atoms with Crippen LogP contribution in [0.3, 0.4) is 0 Å². The monoisotopic (exact) mass is 344 g/mol. The molecule has 4 nitrogen and oxygen atoms in total. The van der Waals surface area contributed by atoms with Crippen LogP contribution < -0.4 is 10.6 Å². The SMILES string of the molecule is Fc1ccc(Cn2cc(NC(=S)Nc3ccc(F)cc3)cn2)cc1. The van der Waals surface area contributed by atoms with E-state index in [1.165, 1.54) is 24.3 Å². The maximum atomic E-state index is 12.9. The fourth-order valence-electron chi connectivity index (χ4n) is 2.12. The van der Waals surface area contributed by atoms with E-state index in [0.29, 0.717) is 17.3 Å². The second-order valence-electron chi connectivity index (χ2n) is 5.14. The molecule has 0 atom stereocenters. The Morgan fingerprint density at radius 3 is 2.17 bits per heavy atom. The molecule has 0 amide bonds. The number of rotatable bonds is 4. The molecule has 122 valence electrons. The zero-order valence-electron chi connectivity index (χ0n) is 12.5. The van der Waals surface area contributed by atoms with E-state index < -0.39 is 0 Å². The van der Waals surface area contributed by atoms with E-state index in [2.05, 4.69) is 15.7 Å². The van der Waals surface area contributed by atoms with Crippen LogP contribution in [0, 0.1) is 11.6 Å². The summed E-state index contributed by atoms with van der Waals surface area (Å²) in [6, 6.07) is 12.2. The molecule has 2 N–H and O–H groups in total. The first-order valence-electron chi connectivity index (χ1n) is 7.19. The van der Waals surface area contributed by atoms with Crippen LogP contribution in [0.25, 0.3) is 0 Å². The van der Waals surface area contributed by atoms with E-state index in [-0.39, 0.29) is 11.6 Å². The van der Waals surface area contributed by atoms with Gasteiger partial charge in [0.1, 0.15) is 11.6 Å². The summed E-state index contributed by atoms with van der Waals surface area (Å²) in [5.74, 6) is -0.569. The van der Waals surface area contributed by atoms with Crippen molar-refractivity contribution in [3.05, 3.63) is 78.1 Å². The lowest BCUT2D eigenvalue weighted by Crippen LogP contribution is -2.18. The highest BCUT2D eigenvalue weighted by molar-refractivity contribution is 7.80. The lowest BCUT2D eigenvalue weighted by molar-refractivity contribution is 0.624. The zero-order chi connectivity index (χ0) is 16.9. The molecule has 24 heavy (non-hydrogen) atoms. The molecular weight excluding hydrogens is 330 g/mol. The number of anilines is 2. The highest BCUT2D eigenvalue weighted by Crippen LogP contribution is 2.11. The van der Waals surface area contributed by atoms with Crippen molar-refractivity contribution in [2.24, 2.45) is 0 Å². The van der Waals surface area contributed by atoms with Crippen LogP contribution in [0.1, 0.15) is 5.56 Å². The summed E-state index contributed by atoms with van der Waals surface area (Å²) in [6.45, 7) is 0.528. The Morgan fingerprint density at radius 2 is 1.50 bits per heavy atom. The zero-order valence-corrected chi connectivity index (χ0v) is 13.4. The molecule has 0 unspecified atom stereocenters. The molecule has 0 fully saturated rings. The summed E-state index contributed by atoms with van der Waals surface area (Å²) in [5, 5.41) is 10.6. The first-order chi connectivity index (χ1) is 11.6. The van der Waals surface area contributed by atoms with Gasteiger partial charge in [-0.05, 0) is 54.2 Å². The molecular formula is C17H14F2N4S. The topological polar surface area (TPSA) is 41.9 Å². The van der Waals surface area contributed by atoms with Crippen LogP contribution in [0.5, 0.6) is 0 Å². The number of thiocarbonyl (C=S) groups is 1. The maximum Gasteiger partial charge on any atom is 0.175 e. The molecule has 0 saturated heterocycles. The van der Waals surface area contributed by atoms with Crippen molar-refractivity contribution in [1.82, 2.24) is 9.78 Å². The average Bonchev–Trinajstić information content (AvgIpc) is 2.99. The normalized spacial score (nSPS) is 10.4. The van der Waals surface area contributed by atoms with Crippen LogP contribution >= 0.6 is 12.2 Å². The van der Waals surface area contributed by atoms with Crippen molar-refractivity contribution in [3.8, 4) is 0 Å². The van der Waals surface area contributed by atoms with Crippen LogP contribution in [0.4, 0.5) is 20.2 Å². The largest absolute Gasteiger partial charge is 0.332 e. The van der Waals surface area contributed by atoms with Gasteiger partial charge in [-0.3, -0.25) is 4.68 Å². The fourth-order valence-corrected chi connectivity index (χ4v) is 2.35. The first-order valence-corrected chi connectivity index (χ1v) is 7.60. The Kier molecular flexibility index (Phi) is 4.81. The van der Waals surface area contributed by atoms with Gasteiger partial charge in [-0.25, -0.2) is 8.78 Å². The number of nitrogens with zero attached hydrogens (tertiary/aromatic N) is 2. The molecule has 3 rings (SSSR count). The smallest absolute Gasteiger partial charge is 0.175 e. The number of halogens is 2. The first kappa shape index (κ1) is 16.1. The van der Waals surface area contributed by atoms with E-state index in [1.54, 1.807) is 41.3 Å². The molecule has 7 heteroatoms. The molecule has 0 saturated carbocycles. The average molecular weight is 344 g/mol. The molecule has 0 bridgehead atoms. The maximum absolute atomic E-state index is 12.9. The number of nitrogens with one attached hydrogen (secondary N) is 2. The minimum Gasteiger partial charge on any atom is -0.332 e. The van der Waals surface area contributed by atoms with E-state index in [9.17, 15) is 8.78 Å². The quantitative estimate of drug-likeness (QED) is 0.702. The molecule has 0 spiro atoms. The van der Waals surface area contributed by atoms with Crippen LogP contribution in [0.2, 0.25) is 0 Å². The van der Waals surface area contributed by atoms with Crippen LogP contribution in [-0.2, 0) is 6.54 Å². The van der Waals surface area contributed by atoms with E-state index in [4.69, 9.17) is 12.2 Å². The minimum absolute atomic E-state index is 0.265. The fraction of sp³-hybridized carbons (Fsp3) is 0.0588. The molecule has 0 radical (unpaired) electrons. The van der Waals surface area contributed by atoms with E-state index in [1.807, 2.05) is 0 Å². The summed E-state index contributed by atoms with van der Waals surface area (Å²) in [6.07, 6.45) is 3.43. The lowest BCUT2D eigenvalue weighted by Gasteiger charge is -2.08. The second kappa shape index (κ2) is 7.18. The standard InChI is InChI=1S/C17H14F2N4S/c18-13-3-1-12(2-4-13)10-23-11-16(9-20-23)22-17(24)21-15-7-5-14(19)6-8-15/h1-9,11H,10H2,(H2,21,22,24). The Balaban J connectivity index is 1.58. The molecule has 0 aliphatic carbocycles. The third kappa shape index (κ3) is 4.36. The van der Waals surface area contributed by atoms with Crippen molar-refractivity contribution in [3.63, 3.8) is 0 Å². The Labute approximate surface area is 143 Å². The van der Waals surface area contributed by atoms with Gasteiger partial charge in [-0.15, -0.1) is 0 Å². The number of benzene rings is 2. The third-order valence-corrected chi connectivity index (χ3v) is 3.46. The van der Waals surface area contributed by atoms with Gasteiger partial charge in [-0.2, -0.15) is 5.10 Å². The lowest BCUT2D eigenvalue weighted by atomic mass is 10.2. The van der Waals surface area contributed by atoms with Gasteiger partial charge < -0.3 is 10.6 Å². The van der Waals surface area contributed by atoms with Crippen LogP contribution in [-0.4, -0.2) is 14.9 Å². The summed E-state index contributed by atoms with van der Waals surface area (Å²) in [7, 11) is 0. The van der Waals surface area contributed by atoms with Gasteiger partial charge in [0.25, 0.3) is 0 Å². The molecule has 0 aliphatic rings. The second-order valence-corrected chi connectivity index (χ2v) is 5.55. The van der Waals surface area contributed by atoms with Crippen molar-refractivity contribution >= 4 is 28.7 Å². The molecule has 3 aromatic rings. The van der Waals surface area contributed by atoms with Crippen molar-refractivity contribution in [2.45, 2.75) is 6.54 Å². The van der Waals surface area contributed by atoms with Crippen molar-refractivity contribution in [2.75, 3.05) is 10.6 Å². The summed E-state index contributed by atoms with van der Waals surface area (Å²) in [4.78, 5) is 0. The highest BCUT2D eigenvalue weighted by Gasteiger charge is 2.03. The number of aromatic nitrogens is 2. The predicted octanol–water partition coefficient (Wildman–Crippen LogP) is 4.02. The molecule has 1 aromatic heterocycles. The minimum atomic E-state index is -0.304. The summed E-state index contributed by atoms with van der Waals surface area (Å²) < 4.78 is 27.5. The summed E-state index contributed by atoms with van der Waals surface area (Å²) in [5.41, 5.74) is 2.35. The van der Waals surface area contributed by atoms with Gasteiger partial charge in [0, 0.05) is 11.9 Å². The van der Waals surface area contributed by atoms with Gasteiger partial charge in [0.15, 0.2) is 5.11 Å². The Hall–Kier alpha value is -2.80. The van der Waals surface area contributed by atoms with Gasteiger partial charge in [0.05, 0.1) is 18.4 Å². The number of hydrogen-bond donors (Lipinski definition) is 2. The predicted molar refractivity (Wildman–Crippen MR) is 94.0 cm³/mol. The Morgan fingerprint density at radius 1 is 0.917 bits per heavy atom. The Bertz CT molecular complexity index is 829. The van der Waals surface area contributed by atoms with E-state index >= 15 is 0 Å². The molecule has 1 heterocycles. The number of hydrogen-bond acceptors (Lipinski definition) is 2. The summed E-state index contributed by atoms with van der Waals surface area (Å²) >= 11 is 5.21. The highest BCUT2D eigenvalue weighted by atomic mass is 32.1. The van der Waals surface area contributed by atoms with Crippen molar-refractivity contribution in [1.29, 1.82) is 0 Å². The van der Waals surface area contributed by atoms with E-state index in [0.717, 1.165) is 11.3 Å². The van der Waals surface area contributed by atoms with Crippen molar-refractivity contribution < 1.29 is 8.78 Å². The van der Waals surface area contributed by atoms with Crippen LogP contribution in [0.15, 0.2) is 60.9 Å². The molecule has 0 aliphatic heterocycles. The molecule has 2 aromatic carbocycles. The van der Waals surface area contributed by atoms with Gasteiger partial charge in [-0.1, -0.05) is 12.1 Å². The van der Waals surface area contributed by atoms with Gasteiger partial charge in [0.2, 0.25) is 0 Å². The van der Waals surface area contributed by atoms with Gasteiger partial charge >= 0.3 is 0 Å².